The van der Waals surface area contributed by atoms with Crippen LogP contribution in [0, 0.1) is 0 Å². The second-order valence-electron chi connectivity index (χ2n) is 9.22. The molecular weight excluding hydrogens is 563 g/mol. The Bertz CT molecular complexity index is 1350. The fourth-order valence-electron chi connectivity index (χ4n) is 4.93. The van der Waals surface area contributed by atoms with Gasteiger partial charge in [0.2, 0.25) is 10.0 Å². The van der Waals surface area contributed by atoms with Crippen molar-refractivity contribution in [2.45, 2.75) is 31.2 Å². The van der Waals surface area contributed by atoms with Crippen LogP contribution in [0.25, 0.3) is 0 Å². The number of hydrogen-bond acceptors (Lipinski definition) is 6. The summed E-state index contributed by atoms with van der Waals surface area (Å²) < 4.78 is 33.3. The average Bonchev–Trinajstić information content (AvgIpc) is 3.15. The molecule has 2 aliphatic rings. The van der Waals surface area contributed by atoms with Crippen LogP contribution in [-0.2, 0) is 19.6 Å². The van der Waals surface area contributed by atoms with Crippen molar-refractivity contribution < 1.29 is 22.7 Å². The molecule has 2 aliphatic heterocycles. The summed E-state index contributed by atoms with van der Waals surface area (Å²) in [5, 5.41) is 3.65. The van der Waals surface area contributed by atoms with Crippen LogP contribution in [0.2, 0.25) is 10.0 Å². The van der Waals surface area contributed by atoms with E-state index < -0.39 is 22.0 Å². The summed E-state index contributed by atoms with van der Waals surface area (Å²) in [5.74, 6) is -0.551. The number of rotatable bonds is 8. The van der Waals surface area contributed by atoms with Crippen molar-refractivity contribution in [1.82, 2.24) is 19.4 Å². The van der Waals surface area contributed by atoms with Crippen molar-refractivity contribution in [3.05, 3.63) is 75.4 Å². The Kier molecular flexibility index (Phi) is 9.56. The number of nitrogens with one attached hydrogen (secondary N) is 1. The van der Waals surface area contributed by atoms with Gasteiger partial charge in [-0.25, -0.2) is 18.0 Å². The van der Waals surface area contributed by atoms with E-state index in [2.05, 4.69) is 10.2 Å². The zero-order chi connectivity index (χ0) is 28.2. The number of sulfonamides is 1. The Morgan fingerprint density at radius 2 is 1.79 bits per heavy atom. The lowest BCUT2D eigenvalue weighted by Gasteiger charge is -2.38. The molecule has 1 atom stereocenters. The van der Waals surface area contributed by atoms with Crippen LogP contribution >= 0.6 is 23.2 Å². The highest BCUT2D eigenvalue weighted by Crippen LogP contribution is 2.36. The summed E-state index contributed by atoms with van der Waals surface area (Å²) >= 11 is 12.6. The predicted octanol–water partition coefficient (Wildman–Crippen LogP) is 4.29. The van der Waals surface area contributed by atoms with Crippen molar-refractivity contribution in [1.29, 1.82) is 0 Å². The van der Waals surface area contributed by atoms with Gasteiger partial charge < -0.3 is 10.1 Å². The van der Waals surface area contributed by atoms with Crippen LogP contribution in [0.4, 0.5) is 4.79 Å². The summed E-state index contributed by atoms with van der Waals surface area (Å²) in [6.45, 7) is 5.97. The van der Waals surface area contributed by atoms with Gasteiger partial charge in [0.15, 0.2) is 0 Å². The zero-order valence-electron chi connectivity index (χ0n) is 21.9. The summed E-state index contributed by atoms with van der Waals surface area (Å²) in [6.07, 6.45) is 0.596. The number of halogens is 2. The van der Waals surface area contributed by atoms with Crippen LogP contribution in [0.3, 0.4) is 0 Å². The van der Waals surface area contributed by atoms with Crippen molar-refractivity contribution in [3.8, 4) is 0 Å². The minimum atomic E-state index is -3.63. The lowest BCUT2D eigenvalue weighted by atomic mass is 9.94. The third-order valence-electron chi connectivity index (χ3n) is 6.83. The Labute approximate surface area is 239 Å². The molecular formula is C27H32Cl2N4O5S. The molecule has 12 heteroatoms. The number of urea groups is 1. The Morgan fingerprint density at radius 3 is 2.46 bits per heavy atom. The van der Waals surface area contributed by atoms with Gasteiger partial charge in [-0.1, -0.05) is 47.5 Å². The van der Waals surface area contributed by atoms with Crippen LogP contribution < -0.4 is 5.32 Å². The lowest BCUT2D eigenvalue weighted by molar-refractivity contribution is -0.139. The normalized spacial score (nSPS) is 19.5. The molecule has 0 aromatic heterocycles. The molecule has 2 heterocycles. The number of carbonyl (C=O) groups is 2. The molecule has 2 aromatic rings. The first kappa shape index (κ1) is 29.4. The van der Waals surface area contributed by atoms with Gasteiger partial charge in [0, 0.05) is 48.5 Å². The largest absolute Gasteiger partial charge is 0.463 e. The Balaban J connectivity index is 1.67. The van der Waals surface area contributed by atoms with Crippen LogP contribution in [-0.4, -0.2) is 80.4 Å². The smallest absolute Gasteiger partial charge is 0.338 e. The molecule has 1 unspecified atom stereocenters. The Morgan fingerprint density at radius 1 is 1.05 bits per heavy atom. The molecule has 0 spiro atoms. The molecule has 1 fully saturated rings. The van der Waals surface area contributed by atoms with Gasteiger partial charge in [0.1, 0.15) is 0 Å². The number of esters is 1. The highest BCUT2D eigenvalue weighted by molar-refractivity contribution is 7.89. The molecule has 4 rings (SSSR count). The number of likely N-dealkylation sites (N-methyl/N-ethyl adjacent to an activating group) is 1. The molecule has 9 nitrogen and oxygen atoms in total. The van der Waals surface area contributed by atoms with E-state index in [0.29, 0.717) is 59.5 Å². The maximum Gasteiger partial charge on any atom is 0.338 e. The van der Waals surface area contributed by atoms with Gasteiger partial charge in [-0.15, -0.1) is 0 Å². The zero-order valence-corrected chi connectivity index (χ0v) is 24.2. The SMILES string of the molecule is CCOC(=O)C1=C(CN2CCCN(S(=O)(=O)c3ccccc3)CC2)N(CC)C(=O)NC1c1ccc(Cl)cc1Cl. The molecule has 0 saturated carbocycles. The highest BCUT2D eigenvalue weighted by atomic mass is 35.5. The first-order chi connectivity index (χ1) is 18.7. The van der Waals surface area contributed by atoms with E-state index in [1.54, 1.807) is 55.5 Å². The third kappa shape index (κ3) is 6.41. The van der Waals surface area contributed by atoms with Crippen molar-refractivity contribution in [2.75, 3.05) is 45.9 Å². The lowest BCUT2D eigenvalue weighted by Crippen LogP contribution is -2.51. The van der Waals surface area contributed by atoms with Crippen LogP contribution in [0.5, 0.6) is 0 Å². The fraction of sp³-hybridized carbons (Fsp3) is 0.407. The van der Waals surface area contributed by atoms with Gasteiger partial charge in [-0.2, -0.15) is 4.31 Å². The molecule has 210 valence electrons. The van der Waals surface area contributed by atoms with E-state index >= 15 is 0 Å². The molecule has 1 N–H and O–H groups in total. The minimum absolute atomic E-state index is 0.159. The van der Waals surface area contributed by atoms with Crippen molar-refractivity contribution in [3.63, 3.8) is 0 Å². The minimum Gasteiger partial charge on any atom is -0.463 e. The number of nitrogens with zero attached hydrogens (tertiary/aromatic N) is 3. The van der Waals surface area contributed by atoms with Gasteiger partial charge in [0.05, 0.1) is 23.1 Å². The van der Waals surface area contributed by atoms with Gasteiger partial charge >= 0.3 is 12.0 Å². The van der Waals surface area contributed by atoms with E-state index in [1.165, 1.54) is 9.21 Å². The second-order valence-corrected chi connectivity index (χ2v) is 12.0. The monoisotopic (exact) mass is 594 g/mol. The number of ether oxygens (including phenoxy) is 1. The highest BCUT2D eigenvalue weighted by Gasteiger charge is 2.39. The number of hydrogen-bond donors (Lipinski definition) is 1. The molecule has 0 radical (unpaired) electrons. The maximum absolute atomic E-state index is 13.4. The molecule has 2 amide bonds. The van der Waals surface area contributed by atoms with E-state index in [1.807, 2.05) is 6.92 Å². The molecule has 0 aliphatic carbocycles. The van der Waals surface area contributed by atoms with E-state index in [9.17, 15) is 18.0 Å². The Hall–Kier alpha value is -2.63. The van der Waals surface area contributed by atoms with Crippen LogP contribution in [0.1, 0.15) is 31.9 Å². The first-order valence-corrected chi connectivity index (χ1v) is 15.1. The number of carbonyl (C=O) groups excluding carboxylic acids is 2. The fourth-order valence-corrected chi connectivity index (χ4v) is 6.93. The summed E-state index contributed by atoms with van der Waals surface area (Å²) in [7, 11) is -3.63. The van der Waals surface area contributed by atoms with Gasteiger partial charge in [0.25, 0.3) is 0 Å². The van der Waals surface area contributed by atoms with Crippen LogP contribution in [0.15, 0.2) is 64.7 Å². The van der Waals surface area contributed by atoms with E-state index in [-0.39, 0.29) is 30.6 Å². The standard InChI is InChI=1S/C27H32Cl2N4O5S/c1-3-33-23(18-31-13-8-14-32(16-15-31)39(36,37)20-9-6-5-7-10-20)24(26(34)38-4-2)25(30-27(33)35)21-12-11-19(28)17-22(21)29/h5-7,9-12,17,25H,3-4,8,13-16,18H2,1-2H3,(H,30,35). The molecule has 1 saturated heterocycles. The predicted molar refractivity (Wildman–Crippen MR) is 150 cm³/mol. The van der Waals surface area contributed by atoms with E-state index in [4.69, 9.17) is 27.9 Å². The maximum atomic E-state index is 13.4. The number of benzene rings is 2. The topological polar surface area (TPSA) is 99.3 Å². The average molecular weight is 596 g/mol. The first-order valence-electron chi connectivity index (χ1n) is 12.9. The number of amides is 2. The third-order valence-corrected chi connectivity index (χ3v) is 9.30. The quantitative estimate of drug-likeness (QED) is 0.458. The second kappa shape index (κ2) is 12.7. The molecule has 2 aromatic carbocycles. The van der Waals surface area contributed by atoms with Gasteiger partial charge in [-0.3, -0.25) is 9.80 Å². The van der Waals surface area contributed by atoms with Crippen molar-refractivity contribution in [2.24, 2.45) is 0 Å². The van der Waals surface area contributed by atoms with E-state index in [0.717, 1.165) is 0 Å². The molecule has 0 bridgehead atoms. The summed E-state index contributed by atoms with van der Waals surface area (Å²) in [6, 6.07) is 12.1. The van der Waals surface area contributed by atoms with Gasteiger partial charge in [-0.05, 0) is 56.6 Å². The van der Waals surface area contributed by atoms with Crippen molar-refractivity contribution >= 4 is 45.2 Å². The molecule has 39 heavy (non-hydrogen) atoms. The summed E-state index contributed by atoms with van der Waals surface area (Å²) in [4.78, 5) is 30.4. The summed E-state index contributed by atoms with van der Waals surface area (Å²) in [5.41, 5.74) is 1.33.